The van der Waals surface area contributed by atoms with Crippen LogP contribution in [0.3, 0.4) is 0 Å². The topological polar surface area (TPSA) is 78.0 Å². The molecule has 2 fully saturated rings. The average Bonchev–Trinajstić information content (AvgIpc) is 2.98. The molecule has 0 N–H and O–H groups in total. The lowest BCUT2D eigenvalue weighted by Crippen LogP contribution is -2.54. The Hall–Kier alpha value is -1.21. The lowest BCUT2D eigenvalue weighted by Gasteiger charge is -2.36. The van der Waals surface area contributed by atoms with Crippen molar-refractivity contribution >= 4 is 20.2 Å². The Balaban J connectivity index is 1.71. The van der Waals surface area contributed by atoms with Gasteiger partial charge in [-0.05, 0) is 31.0 Å². The summed E-state index contributed by atoms with van der Waals surface area (Å²) in [5, 5.41) is 0. The fourth-order valence-corrected chi connectivity index (χ4v) is 6.70. The van der Waals surface area contributed by atoms with Crippen LogP contribution in [0.1, 0.15) is 31.2 Å². The van der Waals surface area contributed by atoms with Crippen LogP contribution in [-0.4, -0.2) is 69.0 Å². The van der Waals surface area contributed by atoms with Crippen LogP contribution in [0.2, 0.25) is 0 Å². The normalized spacial score (nSPS) is 21.8. The second-order valence-corrected chi connectivity index (χ2v) is 11.0. The predicted molar refractivity (Wildman–Crippen MR) is 101 cm³/mol. The van der Waals surface area contributed by atoms with Gasteiger partial charge in [0.05, 0.1) is 10.5 Å². The van der Waals surface area contributed by atoms with E-state index in [1.807, 2.05) is 0 Å². The molecule has 0 radical (unpaired) electrons. The van der Waals surface area contributed by atoms with Gasteiger partial charge < -0.3 is 0 Å². The van der Waals surface area contributed by atoms with Crippen LogP contribution in [0.25, 0.3) is 0 Å². The highest BCUT2D eigenvalue weighted by molar-refractivity contribution is 7.89. The number of alkyl halides is 3. The fourth-order valence-electron chi connectivity index (χ4n) is 3.56. The Bertz CT molecular complexity index is 919. The van der Waals surface area contributed by atoms with Crippen LogP contribution >= 0.6 is 0 Å². The molecule has 2 aliphatic rings. The second-order valence-electron chi connectivity index (χ2n) is 7.15. The summed E-state index contributed by atoms with van der Waals surface area (Å²) in [6.45, 7) is 0.626. The minimum absolute atomic E-state index is 0.0307. The van der Waals surface area contributed by atoms with Crippen LogP contribution < -0.4 is 0 Å². The molecular weight excluding hydrogens is 431 g/mol. The van der Waals surface area contributed by atoms with Crippen molar-refractivity contribution < 1.29 is 30.0 Å². The van der Waals surface area contributed by atoms with Crippen LogP contribution in [0.4, 0.5) is 13.2 Å². The third-order valence-corrected chi connectivity index (χ3v) is 9.14. The van der Waals surface area contributed by atoms with Gasteiger partial charge in [0, 0.05) is 39.3 Å². The van der Waals surface area contributed by atoms with E-state index in [9.17, 15) is 30.0 Å². The number of halogens is 3. The number of piperazine rings is 1. The van der Waals surface area contributed by atoms with E-state index < -0.39 is 36.9 Å². The van der Waals surface area contributed by atoms with Gasteiger partial charge >= 0.3 is 6.18 Å². The number of rotatable bonds is 4. The number of sulfonamides is 1. The molecule has 1 aromatic rings. The van der Waals surface area contributed by atoms with Crippen molar-refractivity contribution in [2.75, 3.05) is 39.3 Å². The lowest BCUT2D eigenvalue weighted by atomic mass is 10.2. The maximum absolute atomic E-state index is 12.9. The zero-order chi connectivity index (χ0) is 21.3. The summed E-state index contributed by atoms with van der Waals surface area (Å²) in [5.41, 5.74) is -1.04. The molecule has 29 heavy (non-hydrogen) atoms. The second kappa shape index (κ2) is 8.50. The molecule has 0 bridgehead atoms. The van der Waals surface area contributed by atoms with Gasteiger partial charge in [-0.25, -0.2) is 8.42 Å². The van der Waals surface area contributed by atoms with E-state index in [0.717, 1.165) is 48.2 Å². The third-order valence-electron chi connectivity index (χ3n) is 5.21. The molecule has 7 nitrogen and oxygen atoms in total. The molecule has 0 aliphatic carbocycles. The molecule has 0 saturated carbocycles. The Morgan fingerprint density at radius 1 is 0.724 bits per heavy atom. The van der Waals surface area contributed by atoms with Crippen LogP contribution in [0.5, 0.6) is 0 Å². The van der Waals surface area contributed by atoms with Gasteiger partial charge in [-0.15, -0.1) is 0 Å². The highest BCUT2D eigenvalue weighted by Gasteiger charge is 2.37. The molecule has 1 aromatic carbocycles. The predicted octanol–water partition coefficient (Wildman–Crippen LogP) is 2.13. The number of nitrogens with zero attached hydrogens (tertiary/aromatic N) is 3. The zero-order valence-corrected chi connectivity index (χ0v) is 17.4. The zero-order valence-electron chi connectivity index (χ0n) is 15.8. The van der Waals surface area contributed by atoms with Gasteiger partial charge in [-0.1, -0.05) is 18.9 Å². The summed E-state index contributed by atoms with van der Waals surface area (Å²) in [4.78, 5) is -0.448. The Labute approximate surface area is 169 Å². The van der Waals surface area contributed by atoms with Crippen LogP contribution in [-0.2, 0) is 26.4 Å². The highest BCUT2D eigenvalue weighted by atomic mass is 32.2. The Kier molecular flexibility index (Phi) is 6.59. The third kappa shape index (κ3) is 4.93. The SMILES string of the molecule is O=S(=O)(c1cccc(C(F)(F)F)c1)N1CCN(S(=O)(=O)N2CCCCCC2)CC1. The van der Waals surface area contributed by atoms with Crippen LogP contribution in [0.15, 0.2) is 29.2 Å². The maximum Gasteiger partial charge on any atom is 0.416 e. The quantitative estimate of drug-likeness (QED) is 0.697. The van der Waals surface area contributed by atoms with Gasteiger partial charge in [-0.2, -0.15) is 34.5 Å². The molecular formula is C17H24F3N3O4S2. The minimum atomic E-state index is -4.65. The average molecular weight is 456 g/mol. The van der Waals surface area contributed by atoms with Gasteiger partial charge in [0.2, 0.25) is 10.0 Å². The first-order chi connectivity index (χ1) is 13.5. The molecule has 0 amide bonds. The fraction of sp³-hybridized carbons (Fsp3) is 0.647. The lowest BCUT2D eigenvalue weighted by molar-refractivity contribution is -0.137. The van der Waals surface area contributed by atoms with Gasteiger partial charge in [-0.3, -0.25) is 0 Å². The van der Waals surface area contributed by atoms with E-state index in [2.05, 4.69) is 0 Å². The number of hydrogen-bond acceptors (Lipinski definition) is 4. The Morgan fingerprint density at radius 2 is 1.24 bits per heavy atom. The van der Waals surface area contributed by atoms with Gasteiger partial charge in [0.15, 0.2) is 0 Å². The van der Waals surface area contributed by atoms with Crippen molar-refractivity contribution in [1.29, 1.82) is 0 Å². The van der Waals surface area contributed by atoms with E-state index >= 15 is 0 Å². The molecule has 164 valence electrons. The highest BCUT2D eigenvalue weighted by Crippen LogP contribution is 2.31. The summed E-state index contributed by atoms with van der Waals surface area (Å²) in [7, 11) is -7.82. The van der Waals surface area contributed by atoms with E-state index in [-0.39, 0.29) is 26.2 Å². The maximum atomic E-state index is 12.9. The molecule has 0 aromatic heterocycles. The molecule has 3 rings (SSSR count). The van der Waals surface area contributed by atoms with Crippen LogP contribution in [0, 0.1) is 0 Å². The van der Waals surface area contributed by atoms with Crippen molar-refractivity contribution in [2.24, 2.45) is 0 Å². The summed E-state index contributed by atoms with van der Waals surface area (Å²) >= 11 is 0. The van der Waals surface area contributed by atoms with Crippen molar-refractivity contribution in [2.45, 2.75) is 36.8 Å². The molecule has 0 atom stereocenters. The first-order valence-corrected chi connectivity index (χ1v) is 12.3. The van der Waals surface area contributed by atoms with Gasteiger partial charge in [0.25, 0.3) is 10.2 Å². The number of hydrogen-bond donors (Lipinski definition) is 0. The summed E-state index contributed by atoms with van der Waals surface area (Å²) in [6, 6.07) is 3.58. The molecule has 2 saturated heterocycles. The minimum Gasteiger partial charge on any atom is -0.207 e. The van der Waals surface area contributed by atoms with Crippen molar-refractivity contribution in [3.8, 4) is 0 Å². The van der Waals surface area contributed by atoms with Gasteiger partial charge in [0.1, 0.15) is 0 Å². The first kappa shape index (κ1) is 22.5. The monoisotopic (exact) mass is 455 g/mol. The van der Waals surface area contributed by atoms with Crippen molar-refractivity contribution in [3.05, 3.63) is 29.8 Å². The van der Waals surface area contributed by atoms with Crippen molar-refractivity contribution in [1.82, 2.24) is 12.9 Å². The summed E-state index contributed by atoms with van der Waals surface area (Å²) < 4.78 is 93.6. The van der Waals surface area contributed by atoms with E-state index in [1.165, 1.54) is 8.61 Å². The smallest absolute Gasteiger partial charge is 0.207 e. The molecule has 0 unspecified atom stereocenters. The molecule has 2 heterocycles. The molecule has 2 aliphatic heterocycles. The standard InChI is InChI=1S/C17H24F3N3O4S2/c18-17(19,20)15-6-5-7-16(14-15)28(24,25)21-10-12-23(13-11-21)29(26,27)22-8-3-1-2-4-9-22/h5-7,14H,1-4,8-13H2. The molecule has 12 heteroatoms. The molecule has 0 spiro atoms. The first-order valence-electron chi connectivity index (χ1n) is 9.45. The number of benzene rings is 1. The summed E-state index contributed by atoms with van der Waals surface area (Å²) in [6.07, 6.45) is -1.10. The van der Waals surface area contributed by atoms with E-state index in [0.29, 0.717) is 19.2 Å². The summed E-state index contributed by atoms with van der Waals surface area (Å²) in [5.74, 6) is 0. The van der Waals surface area contributed by atoms with E-state index in [4.69, 9.17) is 0 Å². The van der Waals surface area contributed by atoms with Crippen molar-refractivity contribution in [3.63, 3.8) is 0 Å². The Morgan fingerprint density at radius 3 is 1.79 bits per heavy atom. The van der Waals surface area contributed by atoms with E-state index in [1.54, 1.807) is 0 Å². The largest absolute Gasteiger partial charge is 0.416 e.